The lowest BCUT2D eigenvalue weighted by Crippen LogP contribution is -2.53. The molecule has 0 saturated carbocycles. The number of anilines is 1. The number of fused-ring (bicyclic) bond motifs is 1. The van der Waals surface area contributed by atoms with E-state index in [1.165, 1.54) is 0 Å². The molecular formula is C25H26N2O5. The smallest absolute Gasteiger partial charge is 0.228 e. The van der Waals surface area contributed by atoms with E-state index in [0.29, 0.717) is 50.2 Å². The Morgan fingerprint density at radius 1 is 1.06 bits per heavy atom. The highest BCUT2D eigenvalue weighted by Crippen LogP contribution is 2.39. The molecule has 0 aliphatic carbocycles. The number of ether oxygens (including phenoxy) is 2. The van der Waals surface area contributed by atoms with Gasteiger partial charge in [-0.25, -0.2) is 0 Å². The lowest BCUT2D eigenvalue weighted by atomic mass is 9.82. The van der Waals surface area contributed by atoms with Crippen LogP contribution in [-0.2, 0) is 9.59 Å². The summed E-state index contributed by atoms with van der Waals surface area (Å²) in [6, 6.07) is 14.6. The molecule has 5 rings (SSSR count). The molecule has 2 amide bonds. The average molecular weight is 434 g/mol. The Morgan fingerprint density at radius 3 is 2.50 bits per heavy atom. The fourth-order valence-electron chi connectivity index (χ4n) is 5.00. The van der Waals surface area contributed by atoms with Crippen LogP contribution in [0.3, 0.4) is 0 Å². The van der Waals surface area contributed by atoms with E-state index >= 15 is 0 Å². The van der Waals surface area contributed by atoms with Crippen LogP contribution in [0.2, 0.25) is 0 Å². The van der Waals surface area contributed by atoms with Gasteiger partial charge >= 0.3 is 0 Å². The second-order valence-corrected chi connectivity index (χ2v) is 8.81. The standard InChI is InChI=1S/C25H26N2O5/c1-31-19-8-6-18(7-9-19)27-16-17(14-23(27)29)24(30)26-12-10-25(11-13-26)15-21(28)20-4-2-3-5-22(20)32-25/h2-9,17H,10-16H2,1H3/t17-/m0/s1. The van der Waals surface area contributed by atoms with Crippen LogP contribution in [0.15, 0.2) is 48.5 Å². The van der Waals surface area contributed by atoms with Crippen LogP contribution in [0.25, 0.3) is 0 Å². The minimum absolute atomic E-state index is 0.00625. The zero-order chi connectivity index (χ0) is 22.3. The number of ketones is 1. The second-order valence-electron chi connectivity index (χ2n) is 8.81. The molecule has 2 aromatic carbocycles. The number of para-hydroxylation sites is 1. The maximum absolute atomic E-state index is 13.2. The predicted octanol–water partition coefficient (Wildman–Crippen LogP) is 3.07. The number of methoxy groups -OCH3 is 1. The van der Waals surface area contributed by atoms with Crippen molar-refractivity contribution in [3.05, 3.63) is 54.1 Å². The summed E-state index contributed by atoms with van der Waals surface area (Å²) >= 11 is 0. The monoisotopic (exact) mass is 434 g/mol. The van der Waals surface area contributed by atoms with E-state index in [1.54, 1.807) is 18.1 Å². The van der Waals surface area contributed by atoms with Crippen molar-refractivity contribution in [2.75, 3.05) is 31.6 Å². The molecule has 0 aromatic heterocycles. The molecule has 166 valence electrons. The summed E-state index contributed by atoms with van der Waals surface area (Å²) in [4.78, 5) is 41.9. The number of piperidine rings is 1. The van der Waals surface area contributed by atoms with Gasteiger partial charge in [0.05, 0.1) is 25.0 Å². The van der Waals surface area contributed by atoms with Crippen molar-refractivity contribution in [2.45, 2.75) is 31.3 Å². The molecule has 7 nitrogen and oxygen atoms in total. The summed E-state index contributed by atoms with van der Waals surface area (Å²) in [5.74, 6) is 1.07. The number of hydrogen-bond donors (Lipinski definition) is 0. The Labute approximate surface area is 186 Å². The molecule has 0 bridgehead atoms. The van der Waals surface area contributed by atoms with Crippen molar-refractivity contribution in [3.8, 4) is 11.5 Å². The Morgan fingerprint density at radius 2 is 1.78 bits per heavy atom. The van der Waals surface area contributed by atoms with Crippen LogP contribution >= 0.6 is 0 Å². The molecule has 3 aliphatic rings. The van der Waals surface area contributed by atoms with E-state index in [1.807, 2.05) is 47.4 Å². The van der Waals surface area contributed by atoms with Gasteiger partial charge in [0.15, 0.2) is 5.78 Å². The number of rotatable bonds is 3. The molecule has 1 spiro atoms. The molecule has 1 atom stereocenters. The highest BCUT2D eigenvalue weighted by atomic mass is 16.5. The maximum atomic E-state index is 13.2. The van der Waals surface area contributed by atoms with Crippen LogP contribution in [0.4, 0.5) is 5.69 Å². The lowest BCUT2D eigenvalue weighted by Gasteiger charge is -2.44. The molecule has 0 unspecified atom stereocenters. The van der Waals surface area contributed by atoms with Crippen molar-refractivity contribution in [3.63, 3.8) is 0 Å². The maximum Gasteiger partial charge on any atom is 0.228 e. The van der Waals surface area contributed by atoms with Crippen LogP contribution in [0.1, 0.15) is 36.0 Å². The first-order valence-electron chi connectivity index (χ1n) is 11.0. The predicted molar refractivity (Wildman–Crippen MR) is 118 cm³/mol. The van der Waals surface area contributed by atoms with Gasteiger partial charge in [0, 0.05) is 44.6 Å². The lowest BCUT2D eigenvalue weighted by molar-refractivity contribution is -0.139. The molecule has 7 heteroatoms. The van der Waals surface area contributed by atoms with Gasteiger partial charge in [0.2, 0.25) is 11.8 Å². The normalized spacial score (nSPS) is 22.0. The summed E-state index contributed by atoms with van der Waals surface area (Å²) in [7, 11) is 1.60. The van der Waals surface area contributed by atoms with E-state index in [0.717, 1.165) is 11.4 Å². The molecular weight excluding hydrogens is 408 g/mol. The number of benzene rings is 2. The number of carbonyl (C=O) groups excluding carboxylic acids is 3. The SMILES string of the molecule is COc1ccc(N2C[C@@H](C(=O)N3CCC4(CC3)CC(=O)c3ccccc3O4)CC2=O)cc1. The molecule has 2 fully saturated rings. The van der Waals surface area contributed by atoms with Crippen LogP contribution < -0.4 is 14.4 Å². The van der Waals surface area contributed by atoms with Gasteiger partial charge in [-0.15, -0.1) is 0 Å². The first kappa shape index (κ1) is 20.5. The van der Waals surface area contributed by atoms with Gasteiger partial charge < -0.3 is 19.3 Å². The highest BCUT2D eigenvalue weighted by molar-refractivity contribution is 6.01. The second kappa shape index (κ2) is 7.97. The number of amides is 2. The van der Waals surface area contributed by atoms with Crippen molar-refractivity contribution in [1.29, 1.82) is 0 Å². The van der Waals surface area contributed by atoms with E-state index in [-0.39, 0.29) is 29.9 Å². The average Bonchev–Trinajstić information content (AvgIpc) is 3.21. The van der Waals surface area contributed by atoms with Gasteiger partial charge in [-0.2, -0.15) is 0 Å². The third-order valence-corrected chi connectivity index (χ3v) is 6.84. The first-order chi connectivity index (χ1) is 15.5. The number of likely N-dealkylation sites (tertiary alicyclic amines) is 1. The Balaban J connectivity index is 1.22. The van der Waals surface area contributed by atoms with E-state index < -0.39 is 5.60 Å². The van der Waals surface area contributed by atoms with E-state index in [2.05, 4.69) is 0 Å². The van der Waals surface area contributed by atoms with Crippen LogP contribution in [0, 0.1) is 5.92 Å². The molecule has 2 saturated heterocycles. The van der Waals surface area contributed by atoms with Crippen molar-refractivity contribution in [1.82, 2.24) is 4.90 Å². The topological polar surface area (TPSA) is 76.2 Å². The van der Waals surface area contributed by atoms with Gasteiger partial charge in [-0.1, -0.05) is 12.1 Å². The van der Waals surface area contributed by atoms with Crippen molar-refractivity contribution >= 4 is 23.3 Å². The molecule has 0 N–H and O–H groups in total. The summed E-state index contributed by atoms with van der Waals surface area (Å²) < 4.78 is 11.4. The minimum atomic E-state index is -0.539. The van der Waals surface area contributed by atoms with Gasteiger partial charge in [0.25, 0.3) is 0 Å². The van der Waals surface area contributed by atoms with Crippen LogP contribution in [0.5, 0.6) is 11.5 Å². The summed E-state index contributed by atoms with van der Waals surface area (Å²) in [6.45, 7) is 1.44. The third kappa shape index (κ3) is 3.61. The van der Waals surface area contributed by atoms with Crippen molar-refractivity contribution in [2.24, 2.45) is 5.92 Å². The number of carbonyl (C=O) groups is 3. The summed E-state index contributed by atoms with van der Waals surface area (Å²) in [5.41, 5.74) is 0.874. The fourth-order valence-corrected chi connectivity index (χ4v) is 5.00. The fraction of sp³-hybridized carbons (Fsp3) is 0.400. The minimum Gasteiger partial charge on any atom is -0.497 e. The molecule has 3 heterocycles. The van der Waals surface area contributed by atoms with Gasteiger partial charge in [-0.05, 0) is 36.4 Å². The van der Waals surface area contributed by atoms with E-state index in [9.17, 15) is 14.4 Å². The zero-order valence-corrected chi connectivity index (χ0v) is 18.1. The Kier molecular flexibility index (Phi) is 5.12. The Hall–Kier alpha value is -3.35. The summed E-state index contributed by atoms with van der Waals surface area (Å²) in [6.07, 6.45) is 1.79. The quantitative estimate of drug-likeness (QED) is 0.742. The molecule has 2 aromatic rings. The van der Waals surface area contributed by atoms with Crippen molar-refractivity contribution < 1.29 is 23.9 Å². The van der Waals surface area contributed by atoms with Gasteiger partial charge in [-0.3, -0.25) is 14.4 Å². The Bertz CT molecular complexity index is 1060. The van der Waals surface area contributed by atoms with E-state index in [4.69, 9.17) is 9.47 Å². The highest BCUT2D eigenvalue weighted by Gasteiger charge is 2.45. The number of nitrogens with zero attached hydrogens (tertiary/aromatic N) is 2. The van der Waals surface area contributed by atoms with Gasteiger partial charge in [0.1, 0.15) is 17.1 Å². The summed E-state index contributed by atoms with van der Waals surface area (Å²) in [5, 5.41) is 0. The number of hydrogen-bond acceptors (Lipinski definition) is 5. The third-order valence-electron chi connectivity index (χ3n) is 6.84. The van der Waals surface area contributed by atoms with Crippen LogP contribution in [-0.4, -0.2) is 54.8 Å². The molecule has 3 aliphatic heterocycles. The largest absolute Gasteiger partial charge is 0.497 e. The number of Topliss-reactive ketones (excluding diaryl/α,β-unsaturated/α-hetero) is 1. The molecule has 32 heavy (non-hydrogen) atoms. The first-order valence-corrected chi connectivity index (χ1v) is 11.0. The molecule has 0 radical (unpaired) electrons. The zero-order valence-electron chi connectivity index (χ0n) is 18.1.